The van der Waals surface area contributed by atoms with Crippen molar-refractivity contribution in [2.24, 2.45) is 5.92 Å². The van der Waals surface area contributed by atoms with Gasteiger partial charge in [0.1, 0.15) is 11.3 Å². The van der Waals surface area contributed by atoms with Crippen molar-refractivity contribution >= 4 is 22.7 Å². The lowest BCUT2D eigenvalue weighted by atomic mass is 9.86. The van der Waals surface area contributed by atoms with Crippen LogP contribution in [0, 0.1) is 5.92 Å². The van der Waals surface area contributed by atoms with Crippen LogP contribution < -0.4 is 10.1 Å². The van der Waals surface area contributed by atoms with Gasteiger partial charge >= 0.3 is 0 Å². The number of oxazole rings is 1. The fourth-order valence-electron chi connectivity index (χ4n) is 3.89. The third kappa shape index (κ3) is 4.35. The SMILES string of the molecule is COc1ccc(-c2nc3ccc(NC(=O)CCC4CCCCC4)cc3o2)cc1. The van der Waals surface area contributed by atoms with Crippen LogP contribution in [0.4, 0.5) is 5.69 Å². The molecule has 0 bridgehead atoms. The maximum Gasteiger partial charge on any atom is 0.227 e. The molecule has 1 aliphatic carbocycles. The molecule has 1 N–H and O–H groups in total. The summed E-state index contributed by atoms with van der Waals surface area (Å²) in [7, 11) is 1.64. The number of fused-ring (bicyclic) bond motifs is 1. The van der Waals surface area contributed by atoms with Crippen LogP contribution in [0.1, 0.15) is 44.9 Å². The van der Waals surface area contributed by atoms with Crippen LogP contribution in [0.15, 0.2) is 46.9 Å². The van der Waals surface area contributed by atoms with E-state index in [1.54, 1.807) is 7.11 Å². The highest BCUT2D eigenvalue weighted by Crippen LogP contribution is 2.29. The van der Waals surface area contributed by atoms with Crippen molar-refractivity contribution in [1.82, 2.24) is 4.98 Å². The highest BCUT2D eigenvalue weighted by atomic mass is 16.5. The van der Waals surface area contributed by atoms with E-state index in [4.69, 9.17) is 9.15 Å². The Morgan fingerprint density at radius 3 is 2.68 bits per heavy atom. The molecule has 146 valence electrons. The van der Waals surface area contributed by atoms with Crippen LogP contribution in [0.3, 0.4) is 0 Å². The van der Waals surface area contributed by atoms with Gasteiger partial charge in [-0.2, -0.15) is 0 Å². The number of anilines is 1. The third-order valence-corrected chi connectivity index (χ3v) is 5.51. The number of carbonyl (C=O) groups is 1. The van der Waals surface area contributed by atoms with E-state index in [1.165, 1.54) is 32.1 Å². The molecule has 4 rings (SSSR count). The zero-order valence-electron chi connectivity index (χ0n) is 16.2. The van der Waals surface area contributed by atoms with E-state index in [2.05, 4.69) is 10.3 Å². The van der Waals surface area contributed by atoms with Gasteiger partial charge < -0.3 is 14.5 Å². The van der Waals surface area contributed by atoms with Crippen LogP contribution in [0.25, 0.3) is 22.6 Å². The summed E-state index contributed by atoms with van der Waals surface area (Å²) >= 11 is 0. The number of aromatic nitrogens is 1. The molecule has 1 heterocycles. The van der Waals surface area contributed by atoms with Gasteiger partial charge in [-0.3, -0.25) is 4.79 Å². The van der Waals surface area contributed by atoms with Crippen LogP contribution >= 0.6 is 0 Å². The summed E-state index contributed by atoms with van der Waals surface area (Å²) < 4.78 is 11.1. The van der Waals surface area contributed by atoms with Crippen molar-refractivity contribution in [3.63, 3.8) is 0 Å². The minimum Gasteiger partial charge on any atom is -0.497 e. The fourth-order valence-corrected chi connectivity index (χ4v) is 3.89. The van der Waals surface area contributed by atoms with Crippen LogP contribution in [-0.4, -0.2) is 18.0 Å². The summed E-state index contributed by atoms with van der Waals surface area (Å²) in [6.07, 6.45) is 8.07. The number of rotatable bonds is 6. The van der Waals surface area contributed by atoms with Crippen molar-refractivity contribution < 1.29 is 13.9 Å². The van der Waals surface area contributed by atoms with E-state index in [9.17, 15) is 4.79 Å². The van der Waals surface area contributed by atoms with Crippen molar-refractivity contribution in [2.75, 3.05) is 12.4 Å². The predicted octanol–water partition coefficient (Wildman–Crippen LogP) is 5.80. The number of hydrogen-bond acceptors (Lipinski definition) is 4. The number of nitrogens with one attached hydrogen (secondary N) is 1. The van der Waals surface area contributed by atoms with E-state index < -0.39 is 0 Å². The van der Waals surface area contributed by atoms with Gasteiger partial charge in [-0.15, -0.1) is 0 Å². The Morgan fingerprint density at radius 2 is 1.93 bits per heavy atom. The summed E-state index contributed by atoms with van der Waals surface area (Å²) in [6, 6.07) is 13.2. The van der Waals surface area contributed by atoms with Gasteiger partial charge in [-0.05, 0) is 48.7 Å². The zero-order valence-corrected chi connectivity index (χ0v) is 16.2. The minimum absolute atomic E-state index is 0.0693. The second-order valence-corrected chi connectivity index (χ2v) is 7.52. The van der Waals surface area contributed by atoms with Crippen molar-refractivity contribution in [1.29, 1.82) is 0 Å². The van der Waals surface area contributed by atoms with Gasteiger partial charge in [-0.1, -0.05) is 32.1 Å². The highest BCUT2D eigenvalue weighted by molar-refractivity contribution is 5.93. The number of nitrogens with zero attached hydrogens (tertiary/aromatic N) is 1. The number of carbonyl (C=O) groups excluding carboxylic acids is 1. The highest BCUT2D eigenvalue weighted by Gasteiger charge is 2.15. The Balaban J connectivity index is 1.41. The molecule has 5 heteroatoms. The molecule has 1 amide bonds. The first-order valence-corrected chi connectivity index (χ1v) is 10.1. The number of ether oxygens (including phenoxy) is 1. The van der Waals surface area contributed by atoms with E-state index in [0.29, 0.717) is 23.8 Å². The lowest BCUT2D eigenvalue weighted by Crippen LogP contribution is -2.14. The molecule has 0 radical (unpaired) electrons. The van der Waals surface area contributed by atoms with E-state index in [1.807, 2.05) is 42.5 Å². The van der Waals surface area contributed by atoms with E-state index >= 15 is 0 Å². The lowest BCUT2D eigenvalue weighted by molar-refractivity contribution is -0.116. The van der Waals surface area contributed by atoms with E-state index in [0.717, 1.165) is 28.9 Å². The van der Waals surface area contributed by atoms with Gasteiger partial charge in [0.05, 0.1) is 7.11 Å². The Hall–Kier alpha value is -2.82. The molecular formula is C23H26N2O3. The van der Waals surface area contributed by atoms with Crippen molar-refractivity contribution in [2.45, 2.75) is 44.9 Å². The Labute approximate surface area is 165 Å². The van der Waals surface area contributed by atoms with Crippen LogP contribution in [0.2, 0.25) is 0 Å². The second kappa shape index (κ2) is 8.46. The molecule has 5 nitrogen and oxygen atoms in total. The maximum atomic E-state index is 12.3. The molecule has 0 aliphatic heterocycles. The first-order valence-electron chi connectivity index (χ1n) is 10.1. The number of methoxy groups -OCH3 is 1. The fraction of sp³-hybridized carbons (Fsp3) is 0.391. The Bertz CT molecular complexity index is 940. The first-order chi connectivity index (χ1) is 13.7. The minimum atomic E-state index is 0.0693. The zero-order chi connectivity index (χ0) is 19.3. The summed E-state index contributed by atoms with van der Waals surface area (Å²) in [5.74, 6) is 2.12. The van der Waals surface area contributed by atoms with Crippen LogP contribution in [0.5, 0.6) is 5.75 Å². The summed E-state index contributed by atoms with van der Waals surface area (Å²) in [6.45, 7) is 0. The van der Waals surface area contributed by atoms with Gasteiger partial charge in [0.25, 0.3) is 0 Å². The predicted molar refractivity (Wildman–Crippen MR) is 110 cm³/mol. The molecule has 1 aliphatic rings. The largest absolute Gasteiger partial charge is 0.497 e. The average molecular weight is 378 g/mol. The van der Waals surface area contributed by atoms with Gasteiger partial charge in [0, 0.05) is 23.7 Å². The Morgan fingerprint density at radius 1 is 1.14 bits per heavy atom. The molecule has 28 heavy (non-hydrogen) atoms. The topological polar surface area (TPSA) is 64.4 Å². The normalized spacial score (nSPS) is 14.9. The number of amides is 1. The molecule has 0 unspecified atom stereocenters. The molecule has 1 saturated carbocycles. The molecular weight excluding hydrogens is 352 g/mol. The standard InChI is InChI=1S/C23H26N2O3/c1-27-19-11-8-17(9-12-19)23-25-20-13-10-18(15-21(20)28-23)24-22(26)14-7-16-5-3-2-4-6-16/h8-13,15-16H,2-7,14H2,1H3,(H,24,26). The van der Waals surface area contributed by atoms with Crippen molar-refractivity contribution in [3.05, 3.63) is 42.5 Å². The quantitative estimate of drug-likeness (QED) is 0.588. The van der Waals surface area contributed by atoms with Crippen LogP contribution in [-0.2, 0) is 4.79 Å². The second-order valence-electron chi connectivity index (χ2n) is 7.52. The lowest BCUT2D eigenvalue weighted by Gasteiger charge is -2.20. The molecule has 0 spiro atoms. The van der Waals surface area contributed by atoms with Crippen molar-refractivity contribution in [3.8, 4) is 17.2 Å². The van der Waals surface area contributed by atoms with E-state index in [-0.39, 0.29) is 5.91 Å². The number of hydrogen-bond donors (Lipinski definition) is 1. The molecule has 2 aromatic carbocycles. The smallest absolute Gasteiger partial charge is 0.227 e. The average Bonchev–Trinajstić information content (AvgIpc) is 3.16. The summed E-state index contributed by atoms with van der Waals surface area (Å²) in [5.41, 5.74) is 3.07. The Kier molecular flexibility index (Phi) is 5.60. The summed E-state index contributed by atoms with van der Waals surface area (Å²) in [5, 5.41) is 2.99. The molecule has 0 saturated heterocycles. The monoisotopic (exact) mass is 378 g/mol. The van der Waals surface area contributed by atoms with Gasteiger partial charge in [0.15, 0.2) is 5.58 Å². The third-order valence-electron chi connectivity index (χ3n) is 5.51. The molecule has 1 aromatic heterocycles. The van der Waals surface area contributed by atoms with Gasteiger partial charge in [-0.25, -0.2) is 4.98 Å². The summed E-state index contributed by atoms with van der Waals surface area (Å²) in [4.78, 5) is 16.8. The van der Waals surface area contributed by atoms with Gasteiger partial charge in [0.2, 0.25) is 11.8 Å². The first kappa shape index (κ1) is 18.5. The molecule has 0 atom stereocenters. The number of benzene rings is 2. The molecule has 3 aromatic rings. The maximum absolute atomic E-state index is 12.3. The molecule has 1 fully saturated rings.